The zero-order valence-corrected chi connectivity index (χ0v) is 13.7. The van der Waals surface area contributed by atoms with Crippen molar-refractivity contribution in [3.8, 4) is 11.5 Å². The molecule has 120 valence electrons. The van der Waals surface area contributed by atoms with E-state index in [1.807, 2.05) is 12.1 Å². The van der Waals surface area contributed by atoms with Crippen molar-refractivity contribution in [2.24, 2.45) is 23.7 Å². The summed E-state index contributed by atoms with van der Waals surface area (Å²) in [5.74, 6) is 5.69. The van der Waals surface area contributed by atoms with E-state index in [0.29, 0.717) is 0 Å². The van der Waals surface area contributed by atoms with Gasteiger partial charge in [-0.2, -0.15) is 0 Å². The Morgan fingerprint density at radius 1 is 0.955 bits per heavy atom. The van der Waals surface area contributed by atoms with E-state index in [9.17, 15) is 0 Å². The highest BCUT2D eigenvalue weighted by molar-refractivity contribution is 5.40. The molecule has 0 atom stereocenters. The van der Waals surface area contributed by atoms with E-state index in [-0.39, 0.29) is 0 Å². The molecule has 4 fully saturated rings. The quantitative estimate of drug-likeness (QED) is 0.901. The van der Waals surface area contributed by atoms with Gasteiger partial charge in [0, 0.05) is 24.2 Å². The van der Waals surface area contributed by atoms with Crippen LogP contribution in [-0.4, -0.2) is 20.3 Å². The molecule has 1 aromatic rings. The first-order chi connectivity index (χ1) is 10.8. The lowest BCUT2D eigenvalue weighted by molar-refractivity contribution is -0.0143. The van der Waals surface area contributed by atoms with E-state index < -0.39 is 0 Å². The normalized spacial score (nSPS) is 35.6. The van der Waals surface area contributed by atoms with Gasteiger partial charge in [0.2, 0.25) is 0 Å². The SMILES string of the molecule is COc1ccc(CNC2C3CC4CC(C3)CC2C4)c(OC)c1. The monoisotopic (exact) mass is 301 g/mol. The van der Waals surface area contributed by atoms with E-state index in [2.05, 4.69) is 11.4 Å². The minimum atomic E-state index is 0.722. The maximum atomic E-state index is 5.53. The molecule has 0 radical (unpaired) electrons. The van der Waals surface area contributed by atoms with Gasteiger partial charge in [-0.05, 0) is 61.8 Å². The zero-order chi connectivity index (χ0) is 15.1. The second-order valence-electron chi connectivity index (χ2n) is 7.52. The van der Waals surface area contributed by atoms with Crippen molar-refractivity contribution in [1.82, 2.24) is 5.32 Å². The fraction of sp³-hybridized carbons (Fsp3) is 0.684. The van der Waals surface area contributed by atoms with Crippen LogP contribution in [0.1, 0.15) is 37.7 Å². The van der Waals surface area contributed by atoms with E-state index in [1.165, 1.54) is 37.7 Å². The van der Waals surface area contributed by atoms with E-state index in [4.69, 9.17) is 9.47 Å². The third kappa shape index (κ3) is 2.50. The number of hydrogen-bond acceptors (Lipinski definition) is 3. The van der Waals surface area contributed by atoms with Crippen molar-refractivity contribution >= 4 is 0 Å². The summed E-state index contributed by atoms with van der Waals surface area (Å²) in [5, 5.41) is 3.87. The largest absolute Gasteiger partial charge is 0.497 e. The molecule has 4 saturated carbocycles. The molecule has 0 aromatic heterocycles. The molecular formula is C19H27NO2. The Labute approximate surface area is 133 Å². The van der Waals surface area contributed by atoms with Gasteiger partial charge in [0.1, 0.15) is 11.5 Å². The van der Waals surface area contributed by atoms with E-state index >= 15 is 0 Å². The van der Waals surface area contributed by atoms with Crippen molar-refractivity contribution < 1.29 is 9.47 Å². The van der Waals surface area contributed by atoms with Crippen LogP contribution in [-0.2, 0) is 6.54 Å². The second kappa shape index (κ2) is 5.77. The van der Waals surface area contributed by atoms with Crippen LogP contribution in [0.5, 0.6) is 11.5 Å². The fourth-order valence-corrected chi connectivity index (χ4v) is 5.48. The van der Waals surface area contributed by atoms with Gasteiger partial charge in [-0.3, -0.25) is 0 Å². The number of nitrogens with one attached hydrogen (secondary N) is 1. The lowest BCUT2D eigenvalue weighted by Gasteiger charge is -2.54. The summed E-state index contributed by atoms with van der Waals surface area (Å²) in [5.41, 5.74) is 1.23. The zero-order valence-electron chi connectivity index (χ0n) is 13.7. The van der Waals surface area contributed by atoms with Gasteiger partial charge in [-0.1, -0.05) is 6.07 Å². The van der Waals surface area contributed by atoms with Gasteiger partial charge in [-0.15, -0.1) is 0 Å². The highest BCUT2D eigenvalue weighted by atomic mass is 16.5. The second-order valence-corrected chi connectivity index (χ2v) is 7.52. The van der Waals surface area contributed by atoms with Gasteiger partial charge < -0.3 is 14.8 Å². The average Bonchev–Trinajstić information content (AvgIpc) is 2.53. The Hall–Kier alpha value is -1.22. The number of benzene rings is 1. The fourth-order valence-electron chi connectivity index (χ4n) is 5.48. The van der Waals surface area contributed by atoms with E-state index in [1.54, 1.807) is 14.2 Å². The highest BCUT2D eigenvalue weighted by Gasteiger charge is 2.47. The number of hydrogen-bond donors (Lipinski definition) is 1. The minimum absolute atomic E-state index is 0.722. The molecule has 0 aliphatic heterocycles. The summed E-state index contributed by atoms with van der Waals surface area (Å²) in [6.45, 7) is 0.903. The van der Waals surface area contributed by atoms with E-state index in [0.717, 1.165) is 47.8 Å². The summed E-state index contributed by atoms with van der Waals surface area (Å²) in [6.07, 6.45) is 7.37. The van der Waals surface area contributed by atoms with Crippen LogP contribution in [0.25, 0.3) is 0 Å². The van der Waals surface area contributed by atoms with Crippen LogP contribution in [0.2, 0.25) is 0 Å². The molecule has 3 heteroatoms. The molecule has 4 bridgehead atoms. The predicted octanol–water partition coefficient (Wildman–Crippen LogP) is 3.62. The highest BCUT2D eigenvalue weighted by Crippen LogP contribution is 2.53. The number of rotatable bonds is 5. The lowest BCUT2D eigenvalue weighted by atomic mass is 9.54. The molecule has 4 aliphatic rings. The molecule has 0 unspecified atom stereocenters. The summed E-state index contributed by atoms with van der Waals surface area (Å²) < 4.78 is 10.8. The Morgan fingerprint density at radius 3 is 2.23 bits per heavy atom. The average molecular weight is 301 g/mol. The molecule has 0 amide bonds. The number of ether oxygens (including phenoxy) is 2. The van der Waals surface area contributed by atoms with Crippen molar-refractivity contribution in [2.45, 2.75) is 44.7 Å². The summed E-state index contributed by atoms with van der Waals surface area (Å²) in [7, 11) is 3.43. The van der Waals surface area contributed by atoms with Gasteiger partial charge >= 0.3 is 0 Å². The van der Waals surface area contributed by atoms with Crippen molar-refractivity contribution in [3.63, 3.8) is 0 Å². The Balaban J connectivity index is 1.44. The van der Waals surface area contributed by atoms with Crippen LogP contribution in [0.4, 0.5) is 0 Å². The summed E-state index contributed by atoms with van der Waals surface area (Å²) >= 11 is 0. The third-order valence-electron chi connectivity index (χ3n) is 6.25. The maximum absolute atomic E-state index is 5.53. The standard InChI is InChI=1S/C19H27NO2/c1-21-17-4-3-14(18(10-17)22-2)11-20-19-15-6-12-5-13(8-15)9-16(19)7-12/h3-4,10,12-13,15-16,19-20H,5-9,11H2,1-2H3. The Bertz CT molecular complexity index is 514. The molecular weight excluding hydrogens is 274 g/mol. The minimum Gasteiger partial charge on any atom is -0.497 e. The molecule has 0 heterocycles. The van der Waals surface area contributed by atoms with Crippen LogP contribution in [0.3, 0.4) is 0 Å². The molecule has 3 nitrogen and oxygen atoms in total. The molecule has 0 saturated heterocycles. The van der Waals surface area contributed by atoms with Gasteiger partial charge in [0.25, 0.3) is 0 Å². The van der Waals surface area contributed by atoms with Gasteiger partial charge in [0.05, 0.1) is 14.2 Å². The molecule has 4 aliphatic carbocycles. The first-order valence-electron chi connectivity index (χ1n) is 8.71. The topological polar surface area (TPSA) is 30.5 Å². The molecule has 1 aromatic carbocycles. The lowest BCUT2D eigenvalue weighted by Crippen LogP contribution is -2.54. The maximum Gasteiger partial charge on any atom is 0.127 e. The summed E-state index contributed by atoms with van der Waals surface area (Å²) in [4.78, 5) is 0. The molecule has 1 N–H and O–H groups in total. The van der Waals surface area contributed by atoms with Gasteiger partial charge in [-0.25, -0.2) is 0 Å². The van der Waals surface area contributed by atoms with Crippen molar-refractivity contribution in [3.05, 3.63) is 23.8 Å². The van der Waals surface area contributed by atoms with Crippen LogP contribution >= 0.6 is 0 Å². The van der Waals surface area contributed by atoms with Crippen molar-refractivity contribution in [2.75, 3.05) is 14.2 Å². The van der Waals surface area contributed by atoms with Crippen LogP contribution in [0.15, 0.2) is 18.2 Å². The summed E-state index contributed by atoms with van der Waals surface area (Å²) in [6, 6.07) is 6.85. The van der Waals surface area contributed by atoms with Crippen molar-refractivity contribution in [1.29, 1.82) is 0 Å². The molecule has 5 rings (SSSR count). The van der Waals surface area contributed by atoms with Gasteiger partial charge in [0.15, 0.2) is 0 Å². The predicted molar refractivity (Wildman–Crippen MR) is 87.2 cm³/mol. The smallest absolute Gasteiger partial charge is 0.127 e. The Kier molecular flexibility index (Phi) is 3.77. The third-order valence-corrected chi connectivity index (χ3v) is 6.25. The number of methoxy groups -OCH3 is 2. The first-order valence-corrected chi connectivity index (χ1v) is 8.71. The van der Waals surface area contributed by atoms with Crippen LogP contribution < -0.4 is 14.8 Å². The first kappa shape index (κ1) is 14.4. The van der Waals surface area contributed by atoms with Crippen LogP contribution in [0, 0.1) is 23.7 Å². The Morgan fingerprint density at radius 2 is 1.64 bits per heavy atom. The molecule has 0 spiro atoms. The molecule has 22 heavy (non-hydrogen) atoms.